The smallest absolute Gasteiger partial charge is 0.237 e. The van der Waals surface area contributed by atoms with Crippen molar-refractivity contribution in [3.63, 3.8) is 0 Å². The van der Waals surface area contributed by atoms with Gasteiger partial charge in [0.15, 0.2) is 0 Å². The Bertz CT molecular complexity index is 558. The second-order valence-corrected chi connectivity index (χ2v) is 5.00. The van der Waals surface area contributed by atoms with Crippen LogP contribution >= 0.6 is 0 Å². The monoisotopic (exact) mass is 284 g/mol. The third kappa shape index (κ3) is 4.70. The van der Waals surface area contributed by atoms with E-state index in [9.17, 15) is 9.90 Å². The summed E-state index contributed by atoms with van der Waals surface area (Å²) in [6, 6.07) is 18.5. The summed E-state index contributed by atoms with van der Waals surface area (Å²) in [4.78, 5) is 11.6. The van der Waals surface area contributed by atoms with Crippen LogP contribution in [0.25, 0.3) is 0 Å². The normalized spacial score (nSPS) is 13.6. The Hall–Kier alpha value is -2.17. The number of primary amides is 1. The van der Waals surface area contributed by atoms with Crippen molar-refractivity contribution < 1.29 is 9.90 Å². The molecule has 0 aliphatic carbocycles. The Balaban J connectivity index is 1.96. The van der Waals surface area contributed by atoms with Crippen molar-refractivity contribution in [3.05, 3.63) is 71.8 Å². The van der Waals surface area contributed by atoms with E-state index >= 15 is 0 Å². The van der Waals surface area contributed by atoms with Crippen molar-refractivity contribution in [2.45, 2.75) is 25.1 Å². The van der Waals surface area contributed by atoms with Crippen LogP contribution in [0.4, 0.5) is 0 Å². The van der Waals surface area contributed by atoms with E-state index in [4.69, 9.17) is 5.73 Å². The van der Waals surface area contributed by atoms with E-state index in [0.717, 1.165) is 11.1 Å². The quantitative estimate of drug-likeness (QED) is 0.716. The highest BCUT2D eigenvalue weighted by Crippen LogP contribution is 2.07. The van der Waals surface area contributed by atoms with Crippen molar-refractivity contribution in [1.82, 2.24) is 5.32 Å². The molecule has 0 spiro atoms. The van der Waals surface area contributed by atoms with E-state index < -0.39 is 18.1 Å². The average molecular weight is 284 g/mol. The van der Waals surface area contributed by atoms with Gasteiger partial charge in [-0.25, -0.2) is 0 Å². The highest BCUT2D eigenvalue weighted by atomic mass is 16.3. The number of nitrogens with one attached hydrogen (secondary N) is 1. The lowest BCUT2D eigenvalue weighted by Crippen LogP contribution is -2.49. The second-order valence-electron chi connectivity index (χ2n) is 5.00. The summed E-state index contributed by atoms with van der Waals surface area (Å²) in [6.07, 6.45) is -0.468. The number of benzene rings is 2. The van der Waals surface area contributed by atoms with E-state index in [2.05, 4.69) is 5.32 Å². The van der Waals surface area contributed by atoms with Crippen LogP contribution < -0.4 is 11.1 Å². The van der Waals surface area contributed by atoms with Gasteiger partial charge in [-0.2, -0.15) is 0 Å². The minimum Gasteiger partial charge on any atom is -0.391 e. The van der Waals surface area contributed by atoms with Crippen LogP contribution in [0.1, 0.15) is 11.1 Å². The molecule has 2 aromatic carbocycles. The van der Waals surface area contributed by atoms with Crippen molar-refractivity contribution in [1.29, 1.82) is 0 Å². The highest BCUT2D eigenvalue weighted by Gasteiger charge is 2.24. The van der Waals surface area contributed by atoms with E-state index in [1.165, 1.54) is 0 Å². The molecule has 21 heavy (non-hydrogen) atoms. The third-order valence-electron chi connectivity index (χ3n) is 3.35. The van der Waals surface area contributed by atoms with E-state index in [1.54, 1.807) is 0 Å². The molecule has 0 bridgehead atoms. The van der Waals surface area contributed by atoms with Crippen LogP contribution in [0.5, 0.6) is 0 Å². The van der Waals surface area contributed by atoms with Crippen LogP contribution in [-0.4, -0.2) is 23.2 Å². The lowest BCUT2D eigenvalue weighted by Gasteiger charge is -2.21. The van der Waals surface area contributed by atoms with Crippen molar-refractivity contribution in [3.8, 4) is 0 Å². The van der Waals surface area contributed by atoms with Gasteiger partial charge in [-0.05, 0) is 11.1 Å². The molecular formula is C17H20N2O2. The highest BCUT2D eigenvalue weighted by molar-refractivity contribution is 5.80. The molecule has 0 aliphatic heterocycles. The minimum absolute atomic E-state index is 0.385. The van der Waals surface area contributed by atoms with E-state index in [0.29, 0.717) is 13.0 Å². The standard InChI is InChI=1S/C17H20N2O2/c18-17(21)16(19-12-14-9-5-2-6-10-14)15(20)11-13-7-3-1-4-8-13/h1-10,15-16,19-20H,11-12H2,(H2,18,21)/t15?,16-/m1/s1. The maximum absolute atomic E-state index is 11.6. The van der Waals surface area contributed by atoms with E-state index in [-0.39, 0.29) is 0 Å². The molecule has 0 saturated carbocycles. The third-order valence-corrected chi connectivity index (χ3v) is 3.35. The number of aliphatic hydroxyl groups excluding tert-OH is 1. The molecule has 1 amide bonds. The van der Waals surface area contributed by atoms with Crippen LogP contribution in [0, 0.1) is 0 Å². The first-order valence-electron chi connectivity index (χ1n) is 6.95. The molecule has 4 N–H and O–H groups in total. The number of aliphatic hydroxyl groups is 1. The van der Waals surface area contributed by atoms with Gasteiger partial charge in [0, 0.05) is 13.0 Å². The Labute approximate surface area is 124 Å². The van der Waals surface area contributed by atoms with Gasteiger partial charge in [-0.1, -0.05) is 60.7 Å². The molecule has 4 heteroatoms. The summed E-state index contributed by atoms with van der Waals surface area (Å²) in [6.45, 7) is 0.486. The van der Waals surface area contributed by atoms with Gasteiger partial charge in [0.2, 0.25) is 5.91 Å². The summed E-state index contributed by atoms with van der Waals surface area (Å²) in [5, 5.41) is 13.3. The van der Waals surface area contributed by atoms with Crippen molar-refractivity contribution in [2.75, 3.05) is 0 Å². The molecule has 0 heterocycles. The number of carbonyl (C=O) groups is 1. The fraction of sp³-hybridized carbons (Fsp3) is 0.235. The van der Waals surface area contributed by atoms with Gasteiger partial charge in [-0.15, -0.1) is 0 Å². The molecule has 0 fully saturated rings. The van der Waals surface area contributed by atoms with Gasteiger partial charge in [0.05, 0.1) is 6.10 Å². The average Bonchev–Trinajstić information content (AvgIpc) is 2.49. The lowest BCUT2D eigenvalue weighted by atomic mass is 10.0. The maximum Gasteiger partial charge on any atom is 0.237 e. The summed E-state index contributed by atoms with van der Waals surface area (Å²) in [7, 11) is 0. The molecular weight excluding hydrogens is 264 g/mol. The zero-order chi connectivity index (χ0) is 15.1. The molecule has 0 aliphatic rings. The van der Waals surface area contributed by atoms with Crippen LogP contribution in [0.15, 0.2) is 60.7 Å². The number of rotatable bonds is 7. The van der Waals surface area contributed by atoms with Crippen LogP contribution in [0.3, 0.4) is 0 Å². The van der Waals surface area contributed by atoms with Gasteiger partial charge < -0.3 is 10.8 Å². The molecule has 1 unspecified atom stereocenters. The number of hydrogen-bond acceptors (Lipinski definition) is 3. The molecule has 0 saturated heterocycles. The van der Waals surface area contributed by atoms with Crippen molar-refractivity contribution >= 4 is 5.91 Å². The topological polar surface area (TPSA) is 75.4 Å². The fourth-order valence-electron chi connectivity index (χ4n) is 2.22. The number of carbonyl (C=O) groups excluding carboxylic acids is 1. The van der Waals surface area contributed by atoms with Gasteiger partial charge >= 0.3 is 0 Å². The Kier molecular flexibility index (Phi) is 5.49. The zero-order valence-electron chi connectivity index (χ0n) is 11.8. The maximum atomic E-state index is 11.6. The second kappa shape index (κ2) is 7.57. The summed E-state index contributed by atoms with van der Waals surface area (Å²) in [5.41, 5.74) is 7.40. The van der Waals surface area contributed by atoms with Gasteiger partial charge in [-0.3, -0.25) is 10.1 Å². The largest absolute Gasteiger partial charge is 0.391 e. The Morgan fingerprint density at radius 2 is 1.52 bits per heavy atom. The minimum atomic E-state index is -0.853. The SMILES string of the molecule is NC(=O)[C@H](NCc1ccccc1)C(O)Cc1ccccc1. The summed E-state index contributed by atoms with van der Waals surface area (Å²) >= 11 is 0. The number of nitrogens with two attached hydrogens (primary N) is 1. The molecule has 4 nitrogen and oxygen atoms in total. The molecule has 2 atom stereocenters. The first-order chi connectivity index (χ1) is 10.2. The first kappa shape index (κ1) is 15.2. The van der Waals surface area contributed by atoms with E-state index in [1.807, 2.05) is 60.7 Å². The fourth-order valence-corrected chi connectivity index (χ4v) is 2.22. The Morgan fingerprint density at radius 1 is 1.00 bits per heavy atom. The first-order valence-corrected chi connectivity index (χ1v) is 6.95. The predicted octanol–water partition coefficient (Wildman–Crippen LogP) is 1.23. The summed E-state index contributed by atoms with van der Waals surface area (Å²) < 4.78 is 0. The molecule has 2 aromatic rings. The van der Waals surface area contributed by atoms with Crippen LogP contribution in [-0.2, 0) is 17.8 Å². The Morgan fingerprint density at radius 3 is 2.05 bits per heavy atom. The van der Waals surface area contributed by atoms with Crippen molar-refractivity contribution in [2.24, 2.45) is 5.73 Å². The lowest BCUT2D eigenvalue weighted by molar-refractivity contribution is -0.122. The molecule has 0 aromatic heterocycles. The summed E-state index contributed by atoms with van der Waals surface area (Å²) in [5.74, 6) is -0.547. The van der Waals surface area contributed by atoms with Crippen LogP contribution in [0.2, 0.25) is 0 Å². The molecule has 2 rings (SSSR count). The van der Waals surface area contributed by atoms with Gasteiger partial charge in [0.25, 0.3) is 0 Å². The number of amides is 1. The molecule has 0 radical (unpaired) electrons. The number of hydrogen-bond donors (Lipinski definition) is 3. The predicted molar refractivity (Wildman–Crippen MR) is 82.4 cm³/mol. The van der Waals surface area contributed by atoms with Gasteiger partial charge in [0.1, 0.15) is 6.04 Å². The molecule has 110 valence electrons. The zero-order valence-corrected chi connectivity index (χ0v) is 11.8.